The van der Waals surface area contributed by atoms with E-state index in [1.807, 2.05) is 6.79 Å². The first-order chi connectivity index (χ1) is 3.94. The minimum Gasteiger partial charge on any atom is -0.761 e. The summed E-state index contributed by atoms with van der Waals surface area (Å²) >= 11 is 0. The SMILES string of the molecule is C=O.O=S([O-])S(=O)(=O)[O-].[Na+].[Na+]. The fourth-order valence-corrected chi connectivity index (χ4v) is 0. The molecule has 1 atom stereocenters. The number of hydrogen-bond acceptors (Lipinski definition) is 6. The van der Waals surface area contributed by atoms with Gasteiger partial charge in [0.2, 0.25) is 0 Å². The molecule has 0 radical (unpaired) electrons. The van der Waals surface area contributed by atoms with Gasteiger partial charge in [-0.3, -0.25) is 4.21 Å². The molecule has 0 spiro atoms. The molecular weight excluding hydrogens is 218 g/mol. The normalized spacial score (nSPS) is 10.7. The molecule has 0 aliphatic heterocycles. The molecular formula is CH2Na2O6S2. The Bertz CT molecular complexity index is 185. The summed E-state index contributed by atoms with van der Waals surface area (Å²) in [6.45, 7) is 2.00. The summed E-state index contributed by atoms with van der Waals surface area (Å²) in [5.74, 6) is 0. The molecule has 0 saturated carbocycles. The van der Waals surface area contributed by atoms with Crippen LogP contribution in [0.4, 0.5) is 0 Å². The Kier molecular flexibility index (Phi) is 24.4. The molecule has 0 aromatic carbocycles. The van der Waals surface area contributed by atoms with Crippen molar-refractivity contribution in [2.75, 3.05) is 0 Å². The summed E-state index contributed by atoms with van der Waals surface area (Å²) in [5, 5.41) is 0. The molecule has 0 aromatic rings. The Morgan fingerprint density at radius 2 is 1.27 bits per heavy atom. The third-order valence-corrected chi connectivity index (χ3v) is 1.50. The van der Waals surface area contributed by atoms with Gasteiger partial charge < -0.3 is 13.9 Å². The Balaban J connectivity index is -0.0000000564. The molecule has 0 N–H and O–H groups in total. The Morgan fingerprint density at radius 3 is 1.27 bits per heavy atom. The van der Waals surface area contributed by atoms with Crippen LogP contribution in [-0.2, 0) is 24.1 Å². The first-order valence-corrected chi connectivity index (χ1v) is 4.29. The maximum absolute atomic E-state index is 9.16. The predicted molar refractivity (Wildman–Crippen MR) is 25.7 cm³/mol. The molecule has 0 heterocycles. The zero-order valence-electron chi connectivity index (χ0n) is 5.97. The van der Waals surface area contributed by atoms with E-state index in [4.69, 9.17) is 26.5 Å². The number of carbonyl (C=O) groups excluding carboxylic acids is 1. The van der Waals surface area contributed by atoms with E-state index in [0.717, 1.165) is 0 Å². The van der Waals surface area contributed by atoms with Crippen molar-refractivity contribution in [2.24, 2.45) is 0 Å². The third kappa shape index (κ3) is 18.6. The van der Waals surface area contributed by atoms with Crippen molar-refractivity contribution < 1.29 is 85.6 Å². The molecule has 1 unspecified atom stereocenters. The zero-order chi connectivity index (χ0) is 8.08. The van der Waals surface area contributed by atoms with Crippen LogP contribution in [-0.4, -0.2) is 28.5 Å². The van der Waals surface area contributed by atoms with E-state index in [1.165, 1.54) is 0 Å². The number of rotatable bonds is 1. The van der Waals surface area contributed by atoms with Gasteiger partial charge in [-0.25, -0.2) is 8.42 Å². The van der Waals surface area contributed by atoms with Crippen LogP contribution in [0.5, 0.6) is 0 Å². The second kappa shape index (κ2) is 11.7. The topological polar surface area (TPSA) is 114 Å². The van der Waals surface area contributed by atoms with Crippen molar-refractivity contribution in [2.45, 2.75) is 0 Å². The maximum Gasteiger partial charge on any atom is 1.00 e. The van der Waals surface area contributed by atoms with Gasteiger partial charge in [0.1, 0.15) is 6.79 Å². The smallest absolute Gasteiger partial charge is 0.761 e. The average molecular weight is 220 g/mol. The van der Waals surface area contributed by atoms with Crippen molar-refractivity contribution in [3.63, 3.8) is 0 Å². The summed E-state index contributed by atoms with van der Waals surface area (Å²) in [5.41, 5.74) is 0. The van der Waals surface area contributed by atoms with Crippen LogP contribution in [0.2, 0.25) is 0 Å². The Labute approximate surface area is 110 Å². The molecule has 0 aliphatic rings. The summed E-state index contributed by atoms with van der Waals surface area (Å²) in [7, 11) is -8.59. The van der Waals surface area contributed by atoms with Gasteiger partial charge in [0.15, 0.2) is 9.15 Å². The van der Waals surface area contributed by atoms with Crippen LogP contribution in [0.3, 0.4) is 0 Å². The monoisotopic (exact) mass is 220 g/mol. The molecule has 6 nitrogen and oxygen atoms in total. The summed E-state index contributed by atoms with van der Waals surface area (Å²) in [6, 6.07) is 0. The van der Waals surface area contributed by atoms with Crippen LogP contribution in [0.25, 0.3) is 0 Å². The fraction of sp³-hybridized carbons (Fsp3) is 0. The minimum atomic E-state index is -5.07. The van der Waals surface area contributed by atoms with Gasteiger partial charge >= 0.3 is 59.1 Å². The molecule has 0 saturated heterocycles. The minimum absolute atomic E-state index is 0. The van der Waals surface area contributed by atoms with Gasteiger partial charge in [0.25, 0.3) is 0 Å². The second-order valence-corrected chi connectivity index (χ2v) is 3.88. The van der Waals surface area contributed by atoms with Crippen molar-refractivity contribution in [1.29, 1.82) is 0 Å². The Hall–Kier alpha value is 1.69. The van der Waals surface area contributed by atoms with E-state index in [1.54, 1.807) is 0 Å². The first kappa shape index (κ1) is 23.0. The predicted octanol–water partition coefficient (Wildman–Crippen LogP) is -7.85. The van der Waals surface area contributed by atoms with Crippen molar-refractivity contribution in [3.8, 4) is 0 Å². The standard InChI is InChI=1S/CH2O.2Na.H2O5S2/c1-2;;;1-6(2)7(3,4)5/h1H2;;;(H,1,2)(H,3,4,5)/q;2*+1;/p-2. The molecule has 0 rings (SSSR count). The Morgan fingerprint density at radius 1 is 1.18 bits per heavy atom. The van der Waals surface area contributed by atoms with Crippen LogP contribution >= 0.6 is 0 Å². The van der Waals surface area contributed by atoms with Crippen molar-refractivity contribution >= 4 is 26.1 Å². The maximum atomic E-state index is 9.16. The van der Waals surface area contributed by atoms with Gasteiger partial charge in [-0.15, -0.1) is 0 Å². The molecule has 11 heavy (non-hydrogen) atoms. The van der Waals surface area contributed by atoms with Gasteiger partial charge in [0.05, 0.1) is 10.1 Å². The summed E-state index contributed by atoms with van der Waals surface area (Å²) in [6.07, 6.45) is 0. The van der Waals surface area contributed by atoms with E-state index in [9.17, 15) is 0 Å². The van der Waals surface area contributed by atoms with Gasteiger partial charge in [-0.2, -0.15) is 0 Å². The van der Waals surface area contributed by atoms with E-state index in [0.29, 0.717) is 0 Å². The first-order valence-electron chi connectivity index (χ1n) is 1.29. The van der Waals surface area contributed by atoms with Crippen LogP contribution in [0.15, 0.2) is 0 Å². The van der Waals surface area contributed by atoms with E-state index < -0.39 is 19.3 Å². The second-order valence-electron chi connectivity index (χ2n) is 0.612. The fourth-order valence-electron chi connectivity index (χ4n) is 0. The zero-order valence-corrected chi connectivity index (χ0v) is 11.6. The molecule has 0 aromatic heterocycles. The molecule has 10 heteroatoms. The van der Waals surface area contributed by atoms with Crippen molar-refractivity contribution in [1.82, 2.24) is 0 Å². The average Bonchev–Trinajstić information content (AvgIpc) is 1.69. The molecule has 0 amide bonds. The molecule has 0 aliphatic carbocycles. The van der Waals surface area contributed by atoms with Gasteiger partial charge in [-0.05, 0) is 0 Å². The third-order valence-electron chi connectivity index (χ3n) is 0.167. The quantitative estimate of drug-likeness (QED) is 0.187. The van der Waals surface area contributed by atoms with Crippen LogP contribution in [0, 0.1) is 0 Å². The number of carbonyl (C=O) groups is 1. The summed E-state index contributed by atoms with van der Waals surface area (Å²) < 4.78 is 45.7. The van der Waals surface area contributed by atoms with Gasteiger partial charge in [-0.1, -0.05) is 0 Å². The largest absolute Gasteiger partial charge is 1.00 e. The molecule has 0 fully saturated rings. The summed E-state index contributed by atoms with van der Waals surface area (Å²) in [4.78, 5) is 8.00. The molecule has 56 valence electrons. The molecule has 0 bridgehead atoms. The van der Waals surface area contributed by atoms with Crippen LogP contribution in [0.1, 0.15) is 0 Å². The van der Waals surface area contributed by atoms with E-state index in [2.05, 4.69) is 0 Å². The van der Waals surface area contributed by atoms with Crippen molar-refractivity contribution in [3.05, 3.63) is 0 Å². The number of hydrogen-bond donors (Lipinski definition) is 0. The van der Waals surface area contributed by atoms with Gasteiger partial charge in [0, 0.05) is 0 Å². The van der Waals surface area contributed by atoms with E-state index >= 15 is 0 Å². The van der Waals surface area contributed by atoms with Crippen LogP contribution < -0.4 is 59.1 Å². The van der Waals surface area contributed by atoms with E-state index in [-0.39, 0.29) is 59.1 Å².